The second-order valence-electron chi connectivity index (χ2n) is 4.86. The molecule has 0 bridgehead atoms. The predicted molar refractivity (Wildman–Crippen MR) is 92.2 cm³/mol. The van der Waals surface area contributed by atoms with Crippen molar-refractivity contribution in [2.24, 2.45) is 0 Å². The average molecular weight is 310 g/mol. The van der Waals surface area contributed by atoms with Crippen molar-refractivity contribution < 1.29 is 9.53 Å². The Hall–Kier alpha value is -1.36. The topological polar surface area (TPSA) is 64.3 Å². The predicted octanol–water partition coefficient (Wildman–Crippen LogP) is 3.78. The van der Waals surface area contributed by atoms with Gasteiger partial charge in [0.1, 0.15) is 0 Å². The summed E-state index contributed by atoms with van der Waals surface area (Å²) < 4.78 is 4.95. The Morgan fingerprint density at radius 3 is 2.71 bits per heavy atom. The van der Waals surface area contributed by atoms with Crippen LogP contribution in [0.3, 0.4) is 0 Å². The summed E-state index contributed by atoms with van der Waals surface area (Å²) in [7, 11) is 0. The summed E-state index contributed by atoms with van der Waals surface area (Å²) in [4.78, 5) is 11.6. The van der Waals surface area contributed by atoms with Gasteiger partial charge >= 0.3 is 5.97 Å². The van der Waals surface area contributed by atoms with Crippen LogP contribution in [-0.2, 0) is 4.74 Å². The number of hydrogen-bond donors (Lipinski definition) is 2. The van der Waals surface area contributed by atoms with Crippen molar-refractivity contribution in [2.75, 3.05) is 36.2 Å². The lowest BCUT2D eigenvalue weighted by Crippen LogP contribution is -2.08. The molecule has 118 valence electrons. The molecule has 0 aromatic heterocycles. The molecule has 0 radical (unpaired) electrons. The first-order valence-electron chi connectivity index (χ1n) is 7.48. The quantitative estimate of drug-likeness (QED) is 0.391. The molecule has 0 heterocycles. The Bertz CT molecular complexity index is 438. The van der Waals surface area contributed by atoms with Crippen LogP contribution in [0.1, 0.15) is 43.0 Å². The molecule has 4 nitrogen and oxygen atoms in total. The highest BCUT2D eigenvalue weighted by Gasteiger charge is 2.08. The van der Waals surface area contributed by atoms with Gasteiger partial charge in [0, 0.05) is 6.54 Å². The molecule has 0 saturated carbocycles. The first kappa shape index (κ1) is 17.7. The normalized spacial score (nSPS) is 10.4. The third-order valence-electron chi connectivity index (χ3n) is 3.15. The number of anilines is 2. The monoisotopic (exact) mass is 310 g/mol. The minimum atomic E-state index is -0.329. The highest BCUT2D eigenvalue weighted by Crippen LogP contribution is 2.20. The first-order valence-corrected chi connectivity index (χ1v) is 8.88. The van der Waals surface area contributed by atoms with Crippen LogP contribution in [0.4, 0.5) is 11.4 Å². The Morgan fingerprint density at radius 2 is 2.05 bits per heavy atom. The largest absolute Gasteiger partial charge is 0.462 e. The van der Waals surface area contributed by atoms with E-state index in [2.05, 4.69) is 11.6 Å². The molecule has 0 aliphatic heterocycles. The van der Waals surface area contributed by atoms with E-state index in [4.69, 9.17) is 10.5 Å². The van der Waals surface area contributed by atoms with Gasteiger partial charge in [0.15, 0.2) is 0 Å². The van der Waals surface area contributed by atoms with Crippen LogP contribution in [-0.4, -0.2) is 31.1 Å². The van der Waals surface area contributed by atoms with Crippen LogP contribution in [0.15, 0.2) is 18.2 Å². The summed E-state index contributed by atoms with van der Waals surface area (Å²) in [5, 5.41) is 3.32. The number of carbonyl (C=O) groups is 1. The Morgan fingerprint density at radius 1 is 1.29 bits per heavy atom. The van der Waals surface area contributed by atoms with Crippen molar-refractivity contribution in [3.8, 4) is 0 Å². The Balaban J connectivity index is 2.34. The van der Waals surface area contributed by atoms with Crippen molar-refractivity contribution >= 4 is 29.1 Å². The van der Waals surface area contributed by atoms with Gasteiger partial charge in [-0.2, -0.15) is 11.8 Å². The zero-order valence-electron chi connectivity index (χ0n) is 13.0. The molecule has 0 unspecified atom stereocenters. The summed E-state index contributed by atoms with van der Waals surface area (Å²) in [6.07, 6.45) is 7.07. The molecule has 3 N–H and O–H groups in total. The fraction of sp³-hybridized carbons (Fsp3) is 0.562. The summed E-state index contributed by atoms with van der Waals surface area (Å²) in [6, 6.07) is 5.25. The molecule has 0 atom stereocenters. The number of nitrogens with one attached hydrogen (secondary N) is 1. The molecule has 0 aliphatic rings. The second kappa shape index (κ2) is 10.4. The van der Waals surface area contributed by atoms with E-state index in [9.17, 15) is 4.79 Å². The molecule has 0 spiro atoms. The van der Waals surface area contributed by atoms with Gasteiger partial charge in [-0.3, -0.25) is 0 Å². The second-order valence-corrected chi connectivity index (χ2v) is 5.84. The van der Waals surface area contributed by atoms with E-state index >= 15 is 0 Å². The zero-order chi connectivity index (χ0) is 15.5. The molecule has 0 fully saturated rings. The summed E-state index contributed by atoms with van der Waals surface area (Å²) in [5.74, 6) is 0.917. The number of unbranched alkanes of at least 4 members (excludes halogenated alkanes) is 3. The number of nitrogens with two attached hydrogens (primary N) is 1. The van der Waals surface area contributed by atoms with E-state index in [0.29, 0.717) is 17.9 Å². The van der Waals surface area contributed by atoms with E-state index in [1.165, 1.54) is 25.0 Å². The number of hydrogen-bond acceptors (Lipinski definition) is 5. The fourth-order valence-corrected chi connectivity index (χ4v) is 2.51. The van der Waals surface area contributed by atoms with Gasteiger partial charge in [0.25, 0.3) is 0 Å². The number of benzene rings is 1. The lowest BCUT2D eigenvalue weighted by Gasteiger charge is -2.10. The number of ether oxygens (including phenoxy) is 1. The van der Waals surface area contributed by atoms with Crippen LogP contribution in [0.5, 0.6) is 0 Å². The number of nitrogen functional groups attached to an aromatic ring is 1. The summed E-state index contributed by atoms with van der Waals surface area (Å²) in [5.41, 5.74) is 7.93. The molecular weight excluding hydrogens is 284 g/mol. The van der Waals surface area contributed by atoms with Gasteiger partial charge in [-0.1, -0.05) is 12.8 Å². The maximum Gasteiger partial charge on any atom is 0.338 e. The molecule has 1 aromatic carbocycles. The van der Waals surface area contributed by atoms with E-state index < -0.39 is 0 Å². The molecule has 0 aliphatic carbocycles. The minimum Gasteiger partial charge on any atom is -0.462 e. The number of thioether (sulfide) groups is 1. The SMILES string of the molecule is CCOC(=O)c1ccc(NCCCCCCSC)c(N)c1. The van der Waals surface area contributed by atoms with Gasteiger partial charge in [-0.15, -0.1) is 0 Å². The zero-order valence-corrected chi connectivity index (χ0v) is 13.8. The van der Waals surface area contributed by atoms with Gasteiger partial charge in [-0.25, -0.2) is 4.79 Å². The van der Waals surface area contributed by atoms with E-state index in [1.807, 2.05) is 17.8 Å². The van der Waals surface area contributed by atoms with E-state index in [0.717, 1.165) is 18.7 Å². The van der Waals surface area contributed by atoms with Crippen LogP contribution < -0.4 is 11.1 Å². The lowest BCUT2D eigenvalue weighted by atomic mass is 10.1. The van der Waals surface area contributed by atoms with Crippen molar-refractivity contribution in [1.82, 2.24) is 0 Å². The standard InChI is InChI=1S/C16H26N2O2S/c1-3-20-16(19)13-8-9-15(14(17)12-13)18-10-6-4-5-7-11-21-2/h8-9,12,18H,3-7,10-11,17H2,1-2H3. The maximum atomic E-state index is 11.6. The third kappa shape index (κ3) is 6.76. The van der Waals surface area contributed by atoms with Crippen molar-refractivity contribution in [1.29, 1.82) is 0 Å². The van der Waals surface area contributed by atoms with Crippen molar-refractivity contribution in [3.63, 3.8) is 0 Å². The van der Waals surface area contributed by atoms with Crippen molar-refractivity contribution in [2.45, 2.75) is 32.6 Å². The highest BCUT2D eigenvalue weighted by atomic mass is 32.2. The molecule has 1 rings (SSSR count). The van der Waals surface area contributed by atoms with Crippen LogP contribution >= 0.6 is 11.8 Å². The molecule has 5 heteroatoms. The van der Waals surface area contributed by atoms with Crippen LogP contribution in [0, 0.1) is 0 Å². The van der Waals surface area contributed by atoms with Gasteiger partial charge in [-0.05, 0) is 50.0 Å². The molecular formula is C16H26N2O2S. The van der Waals surface area contributed by atoms with Gasteiger partial charge in [0.2, 0.25) is 0 Å². The van der Waals surface area contributed by atoms with Crippen LogP contribution in [0.25, 0.3) is 0 Å². The molecule has 21 heavy (non-hydrogen) atoms. The van der Waals surface area contributed by atoms with Gasteiger partial charge in [0.05, 0.1) is 23.5 Å². The number of esters is 1. The van der Waals surface area contributed by atoms with E-state index in [1.54, 1.807) is 19.1 Å². The van der Waals surface area contributed by atoms with E-state index in [-0.39, 0.29) is 5.97 Å². The van der Waals surface area contributed by atoms with Crippen molar-refractivity contribution in [3.05, 3.63) is 23.8 Å². The fourth-order valence-electron chi connectivity index (χ4n) is 2.01. The molecule has 0 amide bonds. The minimum absolute atomic E-state index is 0.329. The first-order chi connectivity index (χ1) is 10.2. The summed E-state index contributed by atoms with van der Waals surface area (Å²) >= 11 is 1.90. The Labute approximate surface area is 131 Å². The smallest absolute Gasteiger partial charge is 0.338 e. The molecule has 1 aromatic rings. The molecule has 0 saturated heterocycles. The highest BCUT2D eigenvalue weighted by molar-refractivity contribution is 7.98. The average Bonchev–Trinajstić information content (AvgIpc) is 2.48. The van der Waals surface area contributed by atoms with Crippen LogP contribution in [0.2, 0.25) is 0 Å². The number of rotatable bonds is 10. The Kier molecular flexibility index (Phi) is 8.74. The lowest BCUT2D eigenvalue weighted by molar-refractivity contribution is 0.0526. The maximum absolute atomic E-state index is 11.6. The third-order valence-corrected chi connectivity index (χ3v) is 3.85. The summed E-state index contributed by atoms with van der Waals surface area (Å²) in [6.45, 7) is 3.06. The van der Waals surface area contributed by atoms with Gasteiger partial charge < -0.3 is 15.8 Å². The number of carbonyl (C=O) groups excluding carboxylic acids is 1.